The van der Waals surface area contributed by atoms with E-state index in [1.54, 1.807) is 38.7 Å². The molecule has 0 aliphatic heterocycles. The van der Waals surface area contributed by atoms with Crippen molar-refractivity contribution in [1.82, 2.24) is 10.3 Å². The molecule has 19 heavy (non-hydrogen) atoms. The number of rotatable bonds is 4. The van der Waals surface area contributed by atoms with Gasteiger partial charge in [-0.05, 0) is 30.3 Å². The predicted molar refractivity (Wildman–Crippen MR) is 73.1 cm³/mol. The average Bonchev–Trinajstić information content (AvgIpc) is 2.44. The Hall–Kier alpha value is -1.65. The van der Waals surface area contributed by atoms with Crippen LogP contribution in [0, 0.1) is 5.82 Å². The van der Waals surface area contributed by atoms with Crippen LogP contribution in [0.2, 0.25) is 5.02 Å². The highest BCUT2D eigenvalue weighted by atomic mass is 35.5. The van der Waals surface area contributed by atoms with E-state index in [9.17, 15) is 4.39 Å². The lowest BCUT2D eigenvalue weighted by Gasteiger charge is -2.18. The molecule has 0 fully saturated rings. The number of hydrogen-bond acceptors (Lipinski definition) is 3. The molecule has 1 N–H and O–H groups in total. The molecule has 0 radical (unpaired) electrons. The van der Waals surface area contributed by atoms with Crippen LogP contribution in [0.5, 0.6) is 5.75 Å². The Morgan fingerprint density at radius 1 is 1.37 bits per heavy atom. The minimum atomic E-state index is -0.435. The van der Waals surface area contributed by atoms with Crippen LogP contribution in [0.3, 0.4) is 0 Å². The van der Waals surface area contributed by atoms with Crippen molar-refractivity contribution in [3.05, 3.63) is 58.6 Å². The van der Waals surface area contributed by atoms with Crippen molar-refractivity contribution < 1.29 is 9.13 Å². The number of ether oxygens (including phenoxy) is 1. The van der Waals surface area contributed by atoms with Gasteiger partial charge in [-0.25, -0.2) is 4.39 Å². The summed E-state index contributed by atoms with van der Waals surface area (Å²) in [4.78, 5) is 4.10. The zero-order valence-corrected chi connectivity index (χ0v) is 11.4. The van der Waals surface area contributed by atoms with E-state index in [0.717, 1.165) is 5.56 Å². The molecule has 0 saturated heterocycles. The van der Waals surface area contributed by atoms with E-state index in [0.29, 0.717) is 11.3 Å². The number of benzene rings is 1. The molecule has 0 aliphatic rings. The number of hydrogen-bond donors (Lipinski definition) is 1. The first-order valence-electron chi connectivity index (χ1n) is 5.77. The van der Waals surface area contributed by atoms with Gasteiger partial charge in [0.2, 0.25) is 0 Å². The van der Waals surface area contributed by atoms with Crippen molar-refractivity contribution in [2.24, 2.45) is 0 Å². The van der Waals surface area contributed by atoms with Gasteiger partial charge >= 0.3 is 0 Å². The first-order valence-corrected chi connectivity index (χ1v) is 6.15. The summed E-state index contributed by atoms with van der Waals surface area (Å²) in [6, 6.07) is 6.35. The molecular weight excluding hydrogens is 267 g/mol. The Morgan fingerprint density at radius 2 is 2.16 bits per heavy atom. The summed E-state index contributed by atoms with van der Waals surface area (Å²) >= 11 is 6.02. The van der Waals surface area contributed by atoms with Gasteiger partial charge in [0.05, 0.1) is 24.4 Å². The fraction of sp³-hybridized carbons (Fsp3) is 0.214. The maximum atomic E-state index is 13.5. The first-order chi connectivity index (χ1) is 9.17. The molecule has 1 heterocycles. The normalized spacial score (nSPS) is 12.2. The van der Waals surface area contributed by atoms with Crippen LogP contribution in [-0.4, -0.2) is 19.1 Å². The molecule has 2 aromatic rings. The van der Waals surface area contributed by atoms with Crippen molar-refractivity contribution in [2.45, 2.75) is 6.04 Å². The summed E-state index contributed by atoms with van der Waals surface area (Å²) in [5.41, 5.74) is 1.52. The highest BCUT2D eigenvalue weighted by Crippen LogP contribution is 2.30. The third-order valence-corrected chi connectivity index (χ3v) is 3.28. The topological polar surface area (TPSA) is 34.2 Å². The fourth-order valence-electron chi connectivity index (χ4n) is 1.95. The summed E-state index contributed by atoms with van der Waals surface area (Å²) in [6.45, 7) is 0. The number of aromatic nitrogens is 1. The summed E-state index contributed by atoms with van der Waals surface area (Å²) in [6.07, 6.45) is 3.31. The second-order valence-electron chi connectivity index (χ2n) is 4.02. The zero-order chi connectivity index (χ0) is 13.8. The van der Waals surface area contributed by atoms with Gasteiger partial charge < -0.3 is 10.1 Å². The molecule has 0 spiro atoms. The van der Waals surface area contributed by atoms with Crippen LogP contribution in [0.4, 0.5) is 4.39 Å². The van der Waals surface area contributed by atoms with Crippen LogP contribution < -0.4 is 10.1 Å². The largest absolute Gasteiger partial charge is 0.495 e. The van der Waals surface area contributed by atoms with E-state index in [-0.39, 0.29) is 11.1 Å². The van der Waals surface area contributed by atoms with Gasteiger partial charge in [0.15, 0.2) is 0 Å². The average molecular weight is 281 g/mol. The van der Waals surface area contributed by atoms with Crippen molar-refractivity contribution in [3.63, 3.8) is 0 Å². The summed E-state index contributed by atoms with van der Waals surface area (Å²) in [5.74, 6) is 0.209. The minimum Gasteiger partial charge on any atom is -0.495 e. The third-order valence-electron chi connectivity index (χ3n) is 2.88. The molecule has 0 aliphatic carbocycles. The number of pyridine rings is 1. The van der Waals surface area contributed by atoms with Crippen molar-refractivity contribution in [3.8, 4) is 5.75 Å². The van der Waals surface area contributed by atoms with Gasteiger partial charge in [-0.15, -0.1) is 0 Å². The van der Waals surface area contributed by atoms with Crippen LogP contribution in [-0.2, 0) is 0 Å². The summed E-state index contributed by atoms with van der Waals surface area (Å²) < 4.78 is 18.7. The van der Waals surface area contributed by atoms with Gasteiger partial charge in [0, 0.05) is 6.20 Å². The Morgan fingerprint density at radius 3 is 2.84 bits per heavy atom. The molecule has 1 unspecified atom stereocenters. The quantitative estimate of drug-likeness (QED) is 0.934. The minimum absolute atomic E-state index is 0.115. The number of nitrogens with one attached hydrogen (secondary N) is 1. The lowest BCUT2D eigenvalue weighted by molar-refractivity contribution is 0.411. The van der Waals surface area contributed by atoms with E-state index < -0.39 is 5.82 Å². The summed E-state index contributed by atoms with van der Waals surface area (Å²) in [5, 5.41) is 3.22. The number of halogens is 2. The molecular formula is C14H14ClFN2O. The van der Waals surface area contributed by atoms with Crippen molar-refractivity contribution >= 4 is 11.6 Å². The molecule has 1 aromatic carbocycles. The van der Waals surface area contributed by atoms with Crippen molar-refractivity contribution in [1.29, 1.82) is 0 Å². The van der Waals surface area contributed by atoms with E-state index >= 15 is 0 Å². The fourth-order valence-corrected chi connectivity index (χ4v) is 2.19. The molecule has 1 atom stereocenters. The molecule has 0 saturated carbocycles. The van der Waals surface area contributed by atoms with Gasteiger partial charge in [-0.3, -0.25) is 4.98 Å². The van der Waals surface area contributed by atoms with Crippen LogP contribution in [0.15, 0.2) is 36.7 Å². The molecule has 3 nitrogen and oxygen atoms in total. The molecule has 5 heteroatoms. The summed E-state index contributed by atoms with van der Waals surface area (Å²) in [7, 11) is 3.36. The van der Waals surface area contributed by atoms with Gasteiger partial charge in [-0.1, -0.05) is 23.7 Å². The molecule has 2 rings (SSSR count). The highest BCUT2D eigenvalue weighted by molar-refractivity contribution is 6.31. The Bertz CT molecular complexity index is 577. The van der Waals surface area contributed by atoms with Crippen molar-refractivity contribution in [2.75, 3.05) is 14.2 Å². The maximum absolute atomic E-state index is 13.5. The lowest BCUT2D eigenvalue weighted by atomic mass is 10.00. The monoisotopic (exact) mass is 280 g/mol. The Kier molecular flexibility index (Phi) is 4.35. The number of nitrogens with zero attached hydrogens (tertiary/aromatic N) is 1. The van der Waals surface area contributed by atoms with E-state index in [1.807, 2.05) is 6.07 Å². The Labute approximate surface area is 116 Å². The second kappa shape index (κ2) is 5.99. The van der Waals surface area contributed by atoms with E-state index in [1.165, 1.54) is 6.07 Å². The maximum Gasteiger partial charge on any atom is 0.142 e. The zero-order valence-electron chi connectivity index (χ0n) is 10.7. The van der Waals surface area contributed by atoms with Gasteiger partial charge in [0.1, 0.15) is 11.6 Å². The van der Waals surface area contributed by atoms with Crippen LogP contribution >= 0.6 is 11.6 Å². The lowest BCUT2D eigenvalue weighted by Crippen LogP contribution is -2.18. The van der Waals surface area contributed by atoms with E-state index in [4.69, 9.17) is 16.3 Å². The van der Waals surface area contributed by atoms with E-state index in [2.05, 4.69) is 10.3 Å². The molecule has 0 amide bonds. The standard InChI is InChI=1S/C14H14ClFN2O/c1-17-14(9-6-10(19-2)8-18-7-9)11-4-3-5-12(16)13(11)15/h3-8,14,17H,1-2H3. The first kappa shape index (κ1) is 13.8. The SMILES string of the molecule is CNC(c1cncc(OC)c1)c1cccc(F)c1Cl. The smallest absolute Gasteiger partial charge is 0.142 e. The van der Waals surface area contributed by atoms with Crippen LogP contribution in [0.25, 0.3) is 0 Å². The van der Waals surface area contributed by atoms with Crippen LogP contribution in [0.1, 0.15) is 17.2 Å². The molecule has 100 valence electrons. The third kappa shape index (κ3) is 2.85. The molecule has 1 aromatic heterocycles. The van der Waals surface area contributed by atoms with Gasteiger partial charge in [-0.2, -0.15) is 0 Å². The van der Waals surface area contributed by atoms with Gasteiger partial charge in [0.25, 0.3) is 0 Å². The Balaban J connectivity index is 2.46. The number of methoxy groups -OCH3 is 1. The molecule has 0 bridgehead atoms. The predicted octanol–water partition coefficient (Wildman–Crippen LogP) is 3.19. The second-order valence-corrected chi connectivity index (χ2v) is 4.40. The highest BCUT2D eigenvalue weighted by Gasteiger charge is 2.18.